The van der Waals surface area contributed by atoms with Gasteiger partial charge >= 0.3 is 5.97 Å². The number of aliphatic carboxylic acids is 1. The van der Waals surface area contributed by atoms with Crippen molar-refractivity contribution in [1.82, 2.24) is 9.88 Å². The summed E-state index contributed by atoms with van der Waals surface area (Å²) in [6, 6.07) is 13.6. The number of carbonyl (C=O) groups excluding carboxylic acids is 1. The lowest BCUT2D eigenvalue weighted by molar-refractivity contribution is -0.137. The topological polar surface area (TPSA) is 70.5 Å². The van der Waals surface area contributed by atoms with E-state index in [0.717, 1.165) is 10.5 Å². The smallest absolute Gasteiger partial charge is 0.323 e. The third-order valence-electron chi connectivity index (χ3n) is 4.36. The third kappa shape index (κ3) is 5.70. The van der Waals surface area contributed by atoms with Crippen LogP contribution in [0.2, 0.25) is 0 Å². The Morgan fingerprint density at radius 1 is 1.03 bits per heavy atom. The van der Waals surface area contributed by atoms with Crippen molar-refractivity contribution in [2.24, 2.45) is 0 Å². The number of rotatable bonds is 7. The Morgan fingerprint density at radius 2 is 1.77 bits per heavy atom. The van der Waals surface area contributed by atoms with E-state index in [2.05, 4.69) is 20.9 Å². The molecule has 8 heteroatoms. The number of carboxylic acids is 1. The van der Waals surface area contributed by atoms with Gasteiger partial charge in [-0.05, 0) is 42.0 Å². The predicted octanol–water partition coefficient (Wildman–Crippen LogP) is 4.44. The first-order valence-corrected chi connectivity index (χ1v) is 9.75. The lowest BCUT2D eigenvalue weighted by Gasteiger charge is -2.21. The second-order valence-electron chi connectivity index (χ2n) is 6.63. The van der Waals surface area contributed by atoms with Crippen molar-refractivity contribution in [2.75, 3.05) is 6.54 Å². The summed E-state index contributed by atoms with van der Waals surface area (Å²) in [5.74, 6) is -2.64. The van der Waals surface area contributed by atoms with Gasteiger partial charge in [-0.2, -0.15) is 0 Å². The zero-order chi connectivity index (χ0) is 21.7. The number of aromatic nitrogens is 1. The maximum Gasteiger partial charge on any atom is 0.323 e. The maximum atomic E-state index is 14.1. The van der Waals surface area contributed by atoms with Crippen LogP contribution in [0.25, 0.3) is 0 Å². The van der Waals surface area contributed by atoms with Crippen molar-refractivity contribution in [3.8, 4) is 0 Å². The Morgan fingerprint density at radius 3 is 2.37 bits per heavy atom. The van der Waals surface area contributed by atoms with Gasteiger partial charge in [0, 0.05) is 34.9 Å². The molecule has 0 bridgehead atoms. The number of carbonyl (C=O) groups is 2. The van der Waals surface area contributed by atoms with Crippen molar-refractivity contribution >= 4 is 27.8 Å². The highest BCUT2D eigenvalue weighted by Crippen LogP contribution is 2.18. The Balaban J connectivity index is 1.76. The molecule has 0 aliphatic heterocycles. The van der Waals surface area contributed by atoms with Crippen LogP contribution in [0, 0.1) is 11.6 Å². The first-order valence-electron chi connectivity index (χ1n) is 8.96. The maximum absolute atomic E-state index is 14.1. The second kappa shape index (κ2) is 9.58. The van der Waals surface area contributed by atoms with E-state index in [0.29, 0.717) is 16.6 Å². The summed E-state index contributed by atoms with van der Waals surface area (Å²) < 4.78 is 27.7. The number of halogens is 3. The summed E-state index contributed by atoms with van der Waals surface area (Å²) >= 11 is 3.16. The SMILES string of the molecule is O=C(O)CN(Cc1ccc(Br)cc1F)C(=O)c1ccc(Cc2ccc(F)cc2)nc1. The molecule has 0 atom stereocenters. The average Bonchev–Trinajstić information content (AvgIpc) is 2.71. The fourth-order valence-electron chi connectivity index (χ4n) is 2.87. The number of amides is 1. The number of carboxylic acid groups (broad SMARTS) is 1. The van der Waals surface area contributed by atoms with Gasteiger partial charge in [-0.25, -0.2) is 8.78 Å². The van der Waals surface area contributed by atoms with Crippen molar-refractivity contribution in [3.05, 3.63) is 99.3 Å². The molecule has 0 unspecified atom stereocenters. The van der Waals surface area contributed by atoms with Gasteiger partial charge < -0.3 is 10.0 Å². The Kier molecular flexibility index (Phi) is 6.89. The van der Waals surface area contributed by atoms with Gasteiger partial charge in [-0.1, -0.05) is 34.1 Å². The lowest BCUT2D eigenvalue weighted by atomic mass is 10.1. The molecule has 0 fully saturated rings. The quantitative estimate of drug-likeness (QED) is 0.549. The monoisotopic (exact) mass is 474 g/mol. The number of nitrogens with zero attached hydrogens (tertiary/aromatic N) is 2. The minimum absolute atomic E-state index is 0.191. The summed E-state index contributed by atoms with van der Waals surface area (Å²) in [4.78, 5) is 29.3. The van der Waals surface area contributed by atoms with E-state index in [4.69, 9.17) is 5.11 Å². The van der Waals surface area contributed by atoms with Crippen LogP contribution >= 0.6 is 15.9 Å². The molecule has 1 amide bonds. The molecule has 1 N–H and O–H groups in total. The predicted molar refractivity (Wildman–Crippen MR) is 110 cm³/mol. The molecule has 154 valence electrons. The average molecular weight is 475 g/mol. The highest BCUT2D eigenvalue weighted by molar-refractivity contribution is 9.10. The van der Waals surface area contributed by atoms with Crippen LogP contribution in [0.1, 0.15) is 27.2 Å². The summed E-state index contributed by atoms with van der Waals surface area (Å²) in [5.41, 5.74) is 1.92. The Labute approximate surface area is 180 Å². The van der Waals surface area contributed by atoms with Crippen LogP contribution < -0.4 is 0 Å². The van der Waals surface area contributed by atoms with Crippen molar-refractivity contribution in [2.45, 2.75) is 13.0 Å². The largest absolute Gasteiger partial charge is 0.480 e. The molecular formula is C22H17BrF2N2O3. The first-order chi connectivity index (χ1) is 14.3. The molecule has 0 saturated heterocycles. The molecule has 1 heterocycles. The van der Waals surface area contributed by atoms with E-state index in [1.54, 1.807) is 30.3 Å². The van der Waals surface area contributed by atoms with Gasteiger partial charge in [-0.15, -0.1) is 0 Å². The molecule has 0 radical (unpaired) electrons. The molecule has 3 rings (SSSR count). The van der Waals surface area contributed by atoms with E-state index in [-0.39, 0.29) is 23.5 Å². The van der Waals surface area contributed by atoms with Crippen molar-refractivity contribution in [3.63, 3.8) is 0 Å². The summed E-state index contributed by atoms with van der Waals surface area (Å²) in [6.45, 7) is -0.771. The molecule has 2 aromatic carbocycles. The summed E-state index contributed by atoms with van der Waals surface area (Å²) in [6.07, 6.45) is 1.81. The summed E-state index contributed by atoms with van der Waals surface area (Å²) in [5, 5.41) is 9.16. The Bertz CT molecular complexity index is 1060. The summed E-state index contributed by atoms with van der Waals surface area (Å²) in [7, 11) is 0. The molecule has 3 aromatic rings. The molecule has 30 heavy (non-hydrogen) atoms. The van der Waals surface area contributed by atoms with Gasteiger partial charge in [0.05, 0.1) is 5.56 Å². The van der Waals surface area contributed by atoms with E-state index in [9.17, 15) is 18.4 Å². The molecule has 0 saturated carbocycles. The zero-order valence-corrected chi connectivity index (χ0v) is 17.3. The highest BCUT2D eigenvalue weighted by Gasteiger charge is 2.21. The first kappa shape index (κ1) is 21.6. The van der Waals surface area contributed by atoms with E-state index < -0.39 is 24.2 Å². The fourth-order valence-corrected chi connectivity index (χ4v) is 3.20. The molecule has 5 nitrogen and oxygen atoms in total. The van der Waals surface area contributed by atoms with Crippen LogP contribution in [-0.4, -0.2) is 33.4 Å². The third-order valence-corrected chi connectivity index (χ3v) is 4.85. The standard InChI is InChI=1S/C22H17BrF2N2O3/c23-17-5-3-16(20(25)10-17)12-27(13-21(28)29)22(30)15-4-8-19(26-11-15)9-14-1-6-18(24)7-2-14/h1-8,10-11H,9,12-13H2,(H,28,29). The van der Waals surface area contributed by atoms with Crippen LogP contribution in [0.5, 0.6) is 0 Å². The van der Waals surface area contributed by atoms with Crippen molar-refractivity contribution in [1.29, 1.82) is 0 Å². The van der Waals surface area contributed by atoms with Gasteiger partial charge in [0.15, 0.2) is 0 Å². The second-order valence-corrected chi connectivity index (χ2v) is 7.55. The number of pyridine rings is 1. The highest BCUT2D eigenvalue weighted by atomic mass is 79.9. The van der Waals surface area contributed by atoms with E-state index in [1.165, 1.54) is 30.5 Å². The number of hydrogen-bond donors (Lipinski definition) is 1. The lowest BCUT2D eigenvalue weighted by Crippen LogP contribution is -2.35. The fraction of sp³-hybridized carbons (Fsp3) is 0.136. The molecule has 0 aliphatic carbocycles. The zero-order valence-electron chi connectivity index (χ0n) is 15.7. The number of benzene rings is 2. The molecule has 1 aromatic heterocycles. The van der Waals surface area contributed by atoms with Crippen LogP contribution in [0.4, 0.5) is 8.78 Å². The Hall–Kier alpha value is -3.13. The van der Waals surface area contributed by atoms with Gasteiger partial charge in [0.25, 0.3) is 5.91 Å². The minimum atomic E-state index is -1.21. The van der Waals surface area contributed by atoms with Gasteiger partial charge in [-0.3, -0.25) is 14.6 Å². The normalized spacial score (nSPS) is 10.6. The van der Waals surface area contributed by atoms with Crippen LogP contribution in [0.15, 0.2) is 65.3 Å². The van der Waals surface area contributed by atoms with Crippen molar-refractivity contribution < 1.29 is 23.5 Å². The molecule has 0 aliphatic rings. The van der Waals surface area contributed by atoms with Crippen LogP contribution in [0.3, 0.4) is 0 Å². The van der Waals surface area contributed by atoms with Crippen LogP contribution in [-0.2, 0) is 17.8 Å². The van der Waals surface area contributed by atoms with E-state index in [1.807, 2.05) is 0 Å². The molecular weight excluding hydrogens is 458 g/mol. The molecule has 0 spiro atoms. The van der Waals surface area contributed by atoms with Gasteiger partial charge in [0.1, 0.15) is 18.2 Å². The van der Waals surface area contributed by atoms with Gasteiger partial charge in [0.2, 0.25) is 0 Å². The minimum Gasteiger partial charge on any atom is -0.480 e. The van der Waals surface area contributed by atoms with E-state index >= 15 is 0 Å². The number of hydrogen-bond acceptors (Lipinski definition) is 3.